The second kappa shape index (κ2) is 5.75. The SMILES string of the molecule is N#CC(NC1CCCCC1)c1ccccc1C1CC1. The molecule has 3 rings (SSSR count). The number of nitrogens with zero attached hydrogens (tertiary/aromatic N) is 1. The lowest BCUT2D eigenvalue weighted by Crippen LogP contribution is -2.34. The molecule has 0 radical (unpaired) electrons. The van der Waals surface area contributed by atoms with E-state index in [0.29, 0.717) is 12.0 Å². The van der Waals surface area contributed by atoms with Gasteiger partial charge in [0.1, 0.15) is 6.04 Å². The van der Waals surface area contributed by atoms with E-state index in [0.717, 1.165) is 0 Å². The van der Waals surface area contributed by atoms with Crippen molar-refractivity contribution in [2.75, 3.05) is 0 Å². The van der Waals surface area contributed by atoms with Crippen molar-refractivity contribution >= 4 is 0 Å². The predicted molar refractivity (Wildman–Crippen MR) is 76.8 cm³/mol. The third-order valence-electron chi connectivity index (χ3n) is 4.46. The molecule has 0 bridgehead atoms. The first kappa shape index (κ1) is 12.7. The number of hydrogen-bond acceptors (Lipinski definition) is 2. The van der Waals surface area contributed by atoms with Crippen LogP contribution < -0.4 is 5.32 Å². The highest BCUT2D eigenvalue weighted by Gasteiger charge is 2.29. The van der Waals surface area contributed by atoms with E-state index in [9.17, 15) is 5.26 Å². The van der Waals surface area contributed by atoms with Gasteiger partial charge in [-0.3, -0.25) is 5.32 Å². The van der Waals surface area contributed by atoms with Crippen LogP contribution in [0.4, 0.5) is 0 Å². The van der Waals surface area contributed by atoms with Crippen molar-refractivity contribution in [2.24, 2.45) is 0 Å². The van der Waals surface area contributed by atoms with Crippen LogP contribution in [0.15, 0.2) is 24.3 Å². The monoisotopic (exact) mass is 254 g/mol. The van der Waals surface area contributed by atoms with E-state index in [1.807, 2.05) is 0 Å². The zero-order chi connectivity index (χ0) is 13.1. The molecule has 1 aromatic rings. The Morgan fingerprint density at radius 2 is 1.79 bits per heavy atom. The highest BCUT2D eigenvalue weighted by Crippen LogP contribution is 2.43. The van der Waals surface area contributed by atoms with E-state index in [4.69, 9.17) is 0 Å². The minimum Gasteiger partial charge on any atom is -0.295 e. The largest absolute Gasteiger partial charge is 0.295 e. The smallest absolute Gasteiger partial charge is 0.121 e. The minimum absolute atomic E-state index is 0.125. The highest BCUT2D eigenvalue weighted by molar-refractivity contribution is 5.38. The average Bonchev–Trinajstić information content (AvgIpc) is 3.30. The summed E-state index contributed by atoms with van der Waals surface area (Å²) in [6.07, 6.45) is 9.00. The van der Waals surface area contributed by atoms with E-state index in [1.54, 1.807) is 0 Å². The van der Waals surface area contributed by atoms with Gasteiger partial charge in [-0.2, -0.15) is 5.26 Å². The van der Waals surface area contributed by atoms with Crippen LogP contribution in [0.5, 0.6) is 0 Å². The van der Waals surface area contributed by atoms with Gasteiger partial charge in [-0.25, -0.2) is 0 Å². The third kappa shape index (κ3) is 2.98. The quantitative estimate of drug-likeness (QED) is 0.879. The van der Waals surface area contributed by atoms with Gasteiger partial charge < -0.3 is 0 Å². The predicted octanol–water partition coefficient (Wildman–Crippen LogP) is 4.05. The summed E-state index contributed by atoms with van der Waals surface area (Å²) in [6.45, 7) is 0. The molecule has 1 aromatic carbocycles. The van der Waals surface area contributed by atoms with Crippen LogP contribution in [0, 0.1) is 11.3 Å². The Balaban J connectivity index is 1.76. The summed E-state index contributed by atoms with van der Waals surface area (Å²) in [4.78, 5) is 0. The molecule has 0 heterocycles. The van der Waals surface area contributed by atoms with E-state index in [2.05, 4.69) is 35.7 Å². The van der Waals surface area contributed by atoms with E-state index in [1.165, 1.54) is 56.1 Å². The second-order valence-corrected chi connectivity index (χ2v) is 5.97. The molecule has 1 N–H and O–H groups in total. The first-order valence-corrected chi connectivity index (χ1v) is 7.63. The summed E-state index contributed by atoms with van der Waals surface area (Å²) in [7, 11) is 0. The number of hydrogen-bond donors (Lipinski definition) is 1. The van der Waals surface area contributed by atoms with Crippen LogP contribution in [0.2, 0.25) is 0 Å². The fourth-order valence-electron chi connectivity index (χ4n) is 3.24. The molecule has 0 saturated heterocycles. The van der Waals surface area contributed by atoms with Crippen molar-refractivity contribution in [1.82, 2.24) is 5.32 Å². The van der Waals surface area contributed by atoms with Crippen LogP contribution in [-0.2, 0) is 0 Å². The number of nitriles is 1. The molecule has 0 aromatic heterocycles. The summed E-state index contributed by atoms with van der Waals surface area (Å²) in [5.41, 5.74) is 2.62. The zero-order valence-corrected chi connectivity index (χ0v) is 11.4. The Kier molecular flexibility index (Phi) is 3.84. The van der Waals surface area contributed by atoms with Gasteiger partial charge in [0.15, 0.2) is 0 Å². The lowest BCUT2D eigenvalue weighted by Gasteiger charge is -2.26. The maximum Gasteiger partial charge on any atom is 0.121 e. The van der Waals surface area contributed by atoms with Gasteiger partial charge in [-0.05, 0) is 42.7 Å². The van der Waals surface area contributed by atoms with E-state index < -0.39 is 0 Å². The first-order valence-electron chi connectivity index (χ1n) is 7.63. The molecule has 2 aliphatic rings. The van der Waals surface area contributed by atoms with Gasteiger partial charge in [0.05, 0.1) is 6.07 Å². The molecule has 0 spiro atoms. The molecule has 2 nitrogen and oxygen atoms in total. The molecule has 2 fully saturated rings. The summed E-state index contributed by atoms with van der Waals surface area (Å²) in [6, 6.07) is 11.4. The molecular formula is C17H22N2. The van der Waals surface area contributed by atoms with Crippen LogP contribution in [0.25, 0.3) is 0 Å². The van der Waals surface area contributed by atoms with Crippen molar-refractivity contribution in [3.8, 4) is 6.07 Å². The van der Waals surface area contributed by atoms with Crippen LogP contribution in [-0.4, -0.2) is 6.04 Å². The number of benzene rings is 1. The Morgan fingerprint density at radius 1 is 1.05 bits per heavy atom. The van der Waals surface area contributed by atoms with Crippen molar-refractivity contribution < 1.29 is 0 Å². The average molecular weight is 254 g/mol. The molecule has 2 aliphatic carbocycles. The van der Waals surface area contributed by atoms with Gasteiger partial charge in [0.25, 0.3) is 0 Å². The lowest BCUT2D eigenvalue weighted by atomic mass is 9.92. The van der Waals surface area contributed by atoms with Gasteiger partial charge >= 0.3 is 0 Å². The van der Waals surface area contributed by atoms with Crippen molar-refractivity contribution in [2.45, 2.75) is 62.9 Å². The molecule has 19 heavy (non-hydrogen) atoms. The molecular weight excluding hydrogens is 232 g/mol. The summed E-state index contributed by atoms with van der Waals surface area (Å²) in [5, 5.41) is 13.1. The number of nitrogens with one attached hydrogen (secondary N) is 1. The van der Waals surface area contributed by atoms with Crippen LogP contribution in [0.3, 0.4) is 0 Å². The van der Waals surface area contributed by atoms with E-state index >= 15 is 0 Å². The van der Waals surface area contributed by atoms with Gasteiger partial charge in [-0.15, -0.1) is 0 Å². The molecule has 2 saturated carbocycles. The molecule has 0 amide bonds. The van der Waals surface area contributed by atoms with Crippen molar-refractivity contribution in [3.05, 3.63) is 35.4 Å². The minimum atomic E-state index is -0.125. The Labute approximate surface area is 115 Å². The Hall–Kier alpha value is -1.33. The first-order chi connectivity index (χ1) is 9.38. The molecule has 1 unspecified atom stereocenters. The lowest BCUT2D eigenvalue weighted by molar-refractivity contribution is 0.359. The number of rotatable bonds is 4. The van der Waals surface area contributed by atoms with Gasteiger partial charge in [0, 0.05) is 6.04 Å². The second-order valence-electron chi connectivity index (χ2n) is 5.97. The fourth-order valence-corrected chi connectivity index (χ4v) is 3.24. The topological polar surface area (TPSA) is 35.8 Å². The molecule has 2 heteroatoms. The van der Waals surface area contributed by atoms with Crippen molar-refractivity contribution in [3.63, 3.8) is 0 Å². The maximum absolute atomic E-state index is 9.52. The molecule has 1 atom stereocenters. The summed E-state index contributed by atoms with van der Waals surface area (Å²) in [5.74, 6) is 0.709. The third-order valence-corrected chi connectivity index (χ3v) is 4.46. The van der Waals surface area contributed by atoms with Crippen LogP contribution in [0.1, 0.15) is 68.0 Å². The normalized spacial score (nSPS) is 21.8. The molecule has 100 valence electrons. The van der Waals surface area contributed by atoms with E-state index in [-0.39, 0.29) is 6.04 Å². The zero-order valence-electron chi connectivity index (χ0n) is 11.4. The van der Waals surface area contributed by atoms with Gasteiger partial charge in [-0.1, -0.05) is 43.5 Å². The Bertz CT molecular complexity index is 464. The van der Waals surface area contributed by atoms with Crippen molar-refractivity contribution in [1.29, 1.82) is 5.26 Å². The van der Waals surface area contributed by atoms with Crippen LogP contribution >= 0.6 is 0 Å². The Morgan fingerprint density at radius 3 is 2.47 bits per heavy atom. The fraction of sp³-hybridized carbons (Fsp3) is 0.588. The van der Waals surface area contributed by atoms with Gasteiger partial charge in [0.2, 0.25) is 0 Å². The molecule has 0 aliphatic heterocycles. The highest BCUT2D eigenvalue weighted by atomic mass is 15.0. The summed E-state index contributed by atoms with van der Waals surface area (Å²) >= 11 is 0. The maximum atomic E-state index is 9.52. The standard InChI is InChI=1S/C17H22N2/c18-12-17(19-14-6-2-1-3-7-14)16-9-5-4-8-15(16)13-10-11-13/h4-5,8-9,13-14,17,19H,1-3,6-7,10-11H2. The summed E-state index contributed by atoms with van der Waals surface area (Å²) < 4.78 is 0.